The molecular weight excluding hydrogens is 488 g/mol. The Labute approximate surface area is 208 Å². The Hall–Kier alpha value is -3.40. The number of halogens is 1. The Morgan fingerprint density at radius 3 is 2.60 bits per heavy atom. The Bertz CT molecular complexity index is 1510. The minimum absolute atomic E-state index is 0.288. The second-order valence-corrected chi connectivity index (χ2v) is 10.6. The smallest absolute Gasteiger partial charge is 0.250 e. The molecule has 0 saturated carbocycles. The molecule has 4 rings (SSSR count). The van der Waals surface area contributed by atoms with Crippen LogP contribution in [0.2, 0.25) is 0 Å². The maximum atomic E-state index is 12.2. The van der Waals surface area contributed by atoms with Crippen molar-refractivity contribution in [1.82, 2.24) is 9.29 Å². The van der Waals surface area contributed by atoms with Crippen LogP contribution in [0.3, 0.4) is 0 Å². The van der Waals surface area contributed by atoms with Gasteiger partial charge in [-0.15, -0.1) is 0 Å². The quantitative estimate of drug-likeness (QED) is 0.432. The van der Waals surface area contributed by atoms with Crippen molar-refractivity contribution in [3.05, 3.63) is 70.9 Å². The topological polar surface area (TPSA) is 125 Å². The summed E-state index contributed by atoms with van der Waals surface area (Å²) in [5.41, 5.74) is 12.8. The molecule has 0 radical (unpaired) electrons. The van der Waals surface area contributed by atoms with Crippen LogP contribution >= 0.6 is 11.6 Å². The van der Waals surface area contributed by atoms with Gasteiger partial charge in [0, 0.05) is 41.5 Å². The molecule has 1 aliphatic rings. The van der Waals surface area contributed by atoms with E-state index in [0.29, 0.717) is 29.7 Å². The van der Waals surface area contributed by atoms with Crippen LogP contribution in [0.15, 0.2) is 54.1 Å². The molecule has 182 valence electrons. The third-order valence-corrected chi connectivity index (χ3v) is 7.54. The lowest BCUT2D eigenvalue weighted by atomic mass is 9.94. The molecule has 4 N–H and O–H groups in total. The Balaban J connectivity index is 1.82. The van der Waals surface area contributed by atoms with Gasteiger partial charge >= 0.3 is 0 Å². The molecular formula is C25H25ClN4O4S. The van der Waals surface area contributed by atoms with Crippen LogP contribution < -0.4 is 11.1 Å². The highest BCUT2D eigenvalue weighted by Crippen LogP contribution is 2.37. The second kappa shape index (κ2) is 9.69. The zero-order valence-corrected chi connectivity index (χ0v) is 20.8. The third kappa shape index (κ3) is 5.02. The van der Waals surface area contributed by atoms with Crippen molar-refractivity contribution in [3.63, 3.8) is 0 Å². The normalized spacial score (nSPS) is 14.9. The lowest BCUT2D eigenvalue weighted by molar-refractivity contribution is -0.111. The molecule has 0 spiro atoms. The van der Waals surface area contributed by atoms with Crippen molar-refractivity contribution in [1.29, 1.82) is 0 Å². The molecule has 0 aliphatic carbocycles. The highest BCUT2D eigenvalue weighted by Gasteiger charge is 2.22. The SMILES string of the molecule is Cc1c(NC(=O)C=CCl)cccc1-c1ccc(C(N)=O)c2[nH]c(C3=CCN(S(C)(=O)=O)CC3)cc12. The van der Waals surface area contributed by atoms with Crippen LogP contribution in [0.25, 0.3) is 27.6 Å². The Kier molecular flexibility index (Phi) is 6.84. The van der Waals surface area contributed by atoms with Crippen molar-refractivity contribution in [3.8, 4) is 11.1 Å². The van der Waals surface area contributed by atoms with E-state index in [9.17, 15) is 18.0 Å². The lowest BCUT2D eigenvalue weighted by Crippen LogP contribution is -2.33. The number of aromatic amines is 1. The van der Waals surface area contributed by atoms with Crippen LogP contribution in [0.1, 0.15) is 28.0 Å². The first-order chi connectivity index (χ1) is 16.6. The van der Waals surface area contributed by atoms with Crippen LogP contribution in [-0.2, 0) is 14.8 Å². The van der Waals surface area contributed by atoms with E-state index in [1.807, 2.05) is 37.3 Å². The van der Waals surface area contributed by atoms with E-state index in [1.165, 1.54) is 16.6 Å². The molecule has 0 bridgehead atoms. The molecule has 3 aromatic rings. The summed E-state index contributed by atoms with van der Waals surface area (Å²) in [6.45, 7) is 2.57. The van der Waals surface area contributed by atoms with Gasteiger partial charge in [0.05, 0.1) is 17.3 Å². The number of nitrogens with two attached hydrogens (primary N) is 1. The number of rotatable bonds is 6. The van der Waals surface area contributed by atoms with Gasteiger partial charge in [0.15, 0.2) is 0 Å². The zero-order valence-electron chi connectivity index (χ0n) is 19.3. The van der Waals surface area contributed by atoms with Crippen LogP contribution in [-0.4, -0.2) is 48.9 Å². The minimum Gasteiger partial charge on any atom is -0.366 e. The van der Waals surface area contributed by atoms with E-state index in [1.54, 1.807) is 12.1 Å². The number of benzene rings is 2. The van der Waals surface area contributed by atoms with Crippen molar-refractivity contribution >= 4 is 55.6 Å². The second-order valence-electron chi connectivity index (χ2n) is 8.36. The number of fused-ring (bicyclic) bond motifs is 1. The number of sulfonamides is 1. The number of primary amides is 1. The summed E-state index contributed by atoms with van der Waals surface area (Å²) in [6.07, 6.45) is 4.85. The lowest BCUT2D eigenvalue weighted by Gasteiger charge is -2.23. The minimum atomic E-state index is -3.26. The molecule has 1 aliphatic heterocycles. The number of anilines is 1. The van der Waals surface area contributed by atoms with Gasteiger partial charge < -0.3 is 16.0 Å². The number of H-pyrrole nitrogens is 1. The van der Waals surface area contributed by atoms with Crippen LogP contribution in [0.4, 0.5) is 5.69 Å². The van der Waals surface area contributed by atoms with Crippen molar-refractivity contribution in [2.45, 2.75) is 13.3 Å². The highest BCUT2D eigenvalue weighted by atomic mass is 35.5. The summed E-state index contributed by atoms with van der Waals surface area (Å²) in [4.78, 5) is 27.5. The van der Waals surface area contributed by atoms with Crippen molar-refractivity contribution in [2.24, 2.45) is 5.73 Å². The number of amides is 2. The summed E-state index contributed by atoms with van der Waals surface area (Å²) >= 11 is 5.51. The molecule has 1 aromatic heterocycles. The fourth-order valence-corrected chi connectivity index (χ4v) is 5.21. The third-order valence-electron chi connectivity index (χ3n) is 6.14. The van der Waals surface area contributed by atoms with Gasteiger partial charge in [-0.1, -0.05) is 35.9 Å². The molecule has 2 heterocycles. The number of nitrogens with one attached hydrogen (secondary N) is 2. The van der Waals surface area contributed by atoms with Gasteiger partial charge in [-0.2, -0.15) is 4.31 Å². The van der Waals surface area contributed by atoms with Gasteiger partial charge in [-0.25, -0.2) is 8.42 Å². The van der Waals surface area contributed by atoms with E-state index < -0.39 is 15.9 Å². The predicted octanol–water partition coefficient (Wildman–Crippen LogP) is 3.98. The fourth-order valence-electron chi connectivity index (χ4n) is 4.32. The summed E-state index contributed by atoms with van der Waals surface area (Å²) in [7, 11) is -3.26. The predicted molar refractivity (Wildman–Crippen MR) is 140 cm³/mol. The standard InChI is InChI=1S/C25H25ClN4O4S/c1-15-17(4-3-5-21(15)28-23(31)8-11-26)18-6-7-19(25(27)32)24-20(18)14-22(29-24)16-9-12-30(13-10-16)35(2,33)34/h3-9,11,14,29H,10,12-13H2,1-2H3,(H2,27,32)(H,28,31). The van der Waals surface area contributed by atoms with E-state index >= 15 is 0 Å². The zero-order chi connectivity index (χ0) is 25.3. The van der Waals surface area contributed by atoms with E-state index in [-0.39, 0.29) is 12.5 Å². The molecule has 0 saturated heterocycles. The van der Waals surface area contributed by atoms with Crippen molar-refractivity contribution in [2.75, 3.05) is 24.7 Å². The van der Waals surface area contributed by atoms with Gasteiger partial charge in [0.2, 0.25) is 15.9 Å². The van der Waals surface area contributed by atoms with Crippen LogP contribution in [0, 0.1) is 6.92 Å². The number of hydrogen-bond donors (Lipinski definition) is 3. The fraction of sp³-hybridized carbons (Fsp3) is 0.200. The average molecular weight is 513 g/mol. The molecule has 0 fully saturated rings. The number of aromatic nitrogens is 1. The van der Waals surface area contributed by atoms with E-state index in [4.69, 9.17) is 17.3 Å². The van der Waals surface area contributed by atoms with Crippen LogP contribution in [0.5, 0.6) is 0 Å². The largest absolute Gasteiger partial charge is 0.366 e. The number of carbonyl (C=O) groups is 2. The Morgan fingerprint density at radius 2 is 1.97 bits per heavy atom. The van der Waals surface area contributed by atoms with Gasteiger partial charge in [0.25, 0.3) is 5.91 Å². The summed E-state index contributed by atoms with van der Waals surface area (Å²) in [5, 5.41) is 3.62. The number of hydrogen-bond acceptors (Lipinski definition) is 4. The summed E-state index contributed by atoms with van der Waals surface area (Å²) < 4.78 is 25.1. The average Bonchev–Trinajstić information content (AvgIpc) is 3.25. The van der Waals surface area contributed by atoms with E-state index in [2.05, 4.69) is 10.3 Å². The molecule has 0 atom stereocenters. The first-order valence-corrected chi connectivity index (χ1v) is 13.2. The molecule has 35 heavy (non-hydrogen) atoms. The van der Waals surface area contributed by atoms with Crippen molar-refractivity contribution < 1.29 is 18.0 Å². The Morgan fingerprint density at radius 1 is 1.20 bits per heavy atom. The number of nitrogens with zero attached hydrogens (tertiary/aromatic N) is 1. The first-order valence-electron chi connectivity index (χ1n) is 10.9. The summed E-state index contributed by atoms with van der Waals surface area (Å²) in [6, 6.07) is 11.1. The monoisotopic (exact) mass is 512 g/mol. The maximum absolute atomic E-state index is 12.2. The van der Waals surface area contributed by atoms with Gasteiger partial charge in [-0.3, -0.25) is 9.59 Å². The van der Waals surface area contributed by atoms with Gasteiger partial charge in [-0.05, 0) is 53.8 Å². The number of carbonyl (C=O) groups excluding carboxylic acids is 2. The van der Waals surface area contributed by atoms with Gasteiger partial charge in [0.1, 0.15) is 0 Å². The summed E-state index contributed by atoms with van der Waals surface area (Å²) in [5.74, 6) is -0.896. The molecule has 2 aromatic carbocycles. The molecule has 2 amide bonds. The maximum Gasteiger partial charge on any atom is 0.250 e. The molecule has 0 unspecified atom stereocenters. The first kappa shape index (κ1) is 24.7. The molecule has 10 heteroatoms. The molecule has 8 nitrogen and oxygen atoms in total. The highest BCUT2D eigenvalue weighted by molar-refractivity contribution is 7.88. The van der Waals surface area contributed by atoms with E-state index in [0.717, 1.165) is 38.9 Å².